The van der Waals surface area contributed by atoms with E-state index < -0.39 is 0 Å². The van der Waals surface area contributed by atoms with Gasteiger partial charge >= 0.3 is 6.03 Å². The molecule has 1 aliphatic heterocycles. The molecule has 0 bridgehead atoms. The first-order valence-electron chi connectivity index (χ1n) is 5.24. The number of benzene rings is 1. The molecular weight excluding hydrogens is 286 g/mol. The van der Waals surface area contributed by atoms with E-state index >= 15 is 0 Å². The zero-order chi connectivity index (χ0) is 12.3. The van der Waals surface area contributed by atoms with Gasteiger partial charge in [-0.05, 0) is 24.3 Å². The average molecular weight is 298 g/mol. The van der Waals surface area contributed by atoms with Crippen LogP contribution in [0.1, 0.15) is 0 Å². The molecule has 5 nitrogen and oxygen atoms in total. The second-order valence-electron chi connectivity index (χ2n) is 3.64. The Morgan fingerprint density at radius 1 is 1.41 bits per heavy atom. The summed E-state index contributed by atoms with van der Waals surface area (Å²) in [6, 6.07) is 7.18. The number of hydrogen-bond donors (Lipinski definition) is 2. The van der Waals surface area contributed by atoms with Crippen molar-refractivity contribution in [3.63, 3.8) is 0 Å². The molecular formula is C11H12BrN3O2. The summed E-state index contributed by atoms with van der Waals surface area (Å²) in [5.74, 6) is -0.220. The summed E-state index contributed by atoms with van der Waals surface area (Å²) in [6.07, 6.45) is 0. The number of anilines is 1. The summed E-state index contributed by atoms with van der Waals surface area (Å²) in [6.45, 7) is 1.09. The van der Waals surface area contributed by atoms with Crippen LogP contribution in [0.3, 0.4) is 0 Å². The number of imide groups is 1. The molecule has 1 aromatic carbocycles. The van der Waals surface area contributed by atoms with Crippen LogP contribution < -0.4 is 10.6 Å². The van der Waals surface area contributed by atoms with Gasteiger partial charge in [0.05, 0.1) is 6.54 Å². The molecule has 0 aromatic heterocycles. The maximum atomic E-state index is 11.7. The van der Waals surface area contributed by atoms with Crippen molar-refractivity contribution in [1.29, 1.82) is 0 Å². The van der Waals surface area contributed by atoms with Crippen LogP contribution in [0.2, 0.25) is 0 Å². The van der Waals surface area contributed by atoms with Crippen molar-refractivity contribution >= 4 is 33.6 Å². The van der Waals surface area contributed by atoms with Gasteiger partial charge in [0, 0.05) is 23.2 Å². The highest BCUT2D eigenvalue weighted by molar-refractivity contribution is 9.10. The van der Waals surface area contributed by atoms with Crippen LogP contribution in [-0.2, 0) is 4.79 Å². The van der Waals surface area contributed by atoms with E-state index in [0.29, 0.717) is 13.1 Å². The summed E-state index contributed by atoms with van der Waals surface area (Å²) in [5, 5.41) is 5.57. The highest BCUT2D eigenvalue weighted by Crippen LogP contribution is 2.13. The first-order valence-corrected chi connectivity index (χ1v) is 6.04. The molecule has 2 rings (SSSR count). The van der Waals surface area contributed by atoms with Crippen molar-refractivity contribution in [1.82, 2.24) is 10.2 Å². The van der Waals surface area contributed by atoms with Crippen LogP contribution in [-0.4, -0.2) is 36.5 Å². The number of urea groups is 1. The van der Waals surface area contributed by atoms with Gasteiger partial charge in [-0.3, -0.25) is 9.69 Å². The first kappa shape index (κ1) is 11.9. The van der Waals surface area contributed by atoms with Crippen LogP contribution >= 0.6 is 15.9 Å². The number of rotatable bonds is 3. The topological polar surface area (TPSA) is 61.4 Å². The van der Waals surface area contributed by atoms with Crippen molar-refractivity contribution in [3.05, 3.63) is 28.7 Å². The minimum Gasteiger partial charge on any atom is -0.376 e. The van der Waals surface area contributed by atoms with Crippen molar-refractivity contribution in [3.8, 4) is 0 Å². The van der Waals surface area contributed by atoms with E-state index in [1.54, 1.807) is 0 Å². The van der Waals surface area contributed by atoms with E-state index in [0.717, 1.165) is 10.2 Å². The van der Waals surface area contributed by atoms with Crippen LogP contribution in [0, 0.1) is 0 Å². The van der Waals surface area contributed by atoms with E-state index in [1.807, 2.05) is 24.3 Å². The van der Waals surface area contributed by atoms with Gasteiger partial charge in [-0.1, -0.05) is 15.9 Å². The van der Waals surface area contributed by atoms with Gasteiger partial charge in [0.1, 0.15) is 0 Å². The van der Waals surface area contributed by atoms with E-state index in [4.69, 9.17) is 0 Å². The van der Waals surface area contributed by atoms with Gasteiger partial charge in [0.15, 0.2) is 0 Å². The molecule has 1 fully saturated rings. The van der Waals surface area contributed by atoms with Gasteiger partial charge in [-0.2, -0.15) is 0 Å². The fourth-order valence-corrected chi connectivity index (χ4v) is 1.81. The predicted octanol–water partition coefficient (Wildman–Crippen LogP) is 1.41. The molecule has 17 heavy (non-hydrogen) atoms. The summed E-state index contributed by atoms with van der Waals surface area (Å²) in [7, 11) is 0. The van der Waals surface area contributed by atoms with E-state index in [1.165, 1.54) is 4.90 Å². The second kappa shape index (κ2) is 5.18. The minimum absolute atomic E-state index is 0.120. The van der Waals surface area contributed by atoms with Crippen LogP contribution in [0.4, 0.5) is 10.5 Å². The van der Waals surface area contributed by atoms with Gasteiger partial charge < -0.3 is 10.6 Å². The molecule has 0 unspecified atom stereocenters. The number of carbonyl (C=O) groups excluding carboxylic acids is 2. The fourth-order valence-electron chi connectivity index (χ4n) is 1.55. The third-order valence-corrected chi connectivity index (χ3v) is 2.97. The fraction of sp³-hybridized carbons (Fsp3) is 0.273. The Labute approximate surface area is 107 Å². The Morgan fingerprint density at radius 3 is 2.71 bits per heavy atom. The number of nitrogens with one attached hydrogen (secondary N) is 2. The van der Waals surface area contributed by atoms with E-state index in [9.17, 15) is 9.59 Å². The normalized spacial score (nSPS) is 14.6. The molecule has 0 atom stereocenters. The average Bonchev–Trinajstić information content (AvgIpc) is 2.74. The summed E-state index contributed by atoms with van der Waals surface area (Å²) >= 11 is 3.33. The Morgan fingerprint density at radius 2 is 2.12 bits per heavy atom. The molecule has 3 amide bonds. The molecule has 1 aromatic rings. The Hall–Kier alpha value is -1.56. The lowest BCUT2D eigenvalue weighted by Gasteiger charge is -2.13. The number of hydrogen-bond acceptors (Lipinski definition) is 3. The van der Waals surface area contributed by atoms with Crippen molar-refractivity contribution in [2.24, 2.45) is 0 Å². The molecule has 2 N–H and O–H groups in total. The highest BCUT2D eigenvalue weighted by Gasteiger charge is 2.25. The van der Waals surface area contributed by atoms with Crippen molar-refractivity contribution in [2.75, 3.05) is 25.0 Å². The number of amides is 3. The molecule has 0 spiro atoms. The largest absolute Gasteiger partial charge is 0.376 e. The lowest BCUT2D eigenvalue weighted by Crippen LogP contribution is -2.37. The second-order valence-corrected chi connectivity index (χ2v) is 4.55. The van der Waals surface area contributed by atoms with E-state index in [-0.39, 0.29) is 18.5 Å². The van der Waals surface area contributed by atoms with Crippen molar-refractivity contribution < 1.29 is 9.59 Å². The quantitative estimate of drug-likeness (QED) is 0.887. The third kappa shape index (κ3) is 2.97. The van der Waals surface area contributed by atoms with Gasteiger partial charge in [0.2, 0.25) is 5.91 Å². The lowest BCUT2D eigenvalue weighted by molar-refractivity contribution is -0.125. The van der Waals surface area contributed by atoms with Crippen LogP contribution in [0.25, 0.3) is 0 Å². The SMILES string of the molecule is O=C(CNc1ccc(Br)cc1)N1CCNC1=O. The van der Waals surface area contributed by atoms with E-state index in [2.05, 4.69) is 26.6 Å². The molecule has 6 heteroatoms. The number of carbonyl (C=O) groups is 2. The van der Waals surface area contributed by atoms with Crippen LogP contribution in [0.5, 0.6) is 0 Å². The molecule has 90 valence electrons. The molecule has 0 saturated carbocycles. The number of halogens is 1. The first-order chi connectivity index (χ1) is 8.16. The van der Waals surface area contributed by atoms with Gasteiger partial charge in [-0.15, -0.1) is 0 Å². The zero-order valence-electron chi connectivity index (χ0n) is 9.07. The van der Waals surface area contributed by atoms with Gasteiger partial charge in [-0.25, -0.2) is 4.79 Å². The maximum absolute atomic E-state index is 11.7. The Kier molecular flexibility index (Phi) is 3.63. The summed E-state index contributed by atoms with van der Waals surface area (Å²) in [5.41, 5.74) is 0.848. The molecule has 1 saturated heterocycles. The molecule has 1 aliphatic rings. The molecule has 0 aliphatic carbocycles. The molecule has 0 radical (unpaired) electrons. The summed E-state index contributed by atoms with van der Waals surface area (Å²) in [4.78, 5) is 24.1. The highest BCUT2D eigenvalue weighted by atomic mass is 79.9. The van der Waals surface area contributed by atoms with Crippen LogP contribution in [0.15, 0.2) is 28.7 Å². The van der Waals surface area contributed by atoms with Crippen molar-refractivity contribution in [2.45, 2.75) is 0 Å². The Bertz CT molecular complexity index is 433. The summed E-state index contributed by atoms with van der Waals surface area (Å²) < 4.78 is 0.980. The smallest absolute Gasteiger partial charge is 0.324 e. The maximum Gasteiger partial charge on any atom is 0.324 e. The third-order valence-electron chi connectivity index (χ3n) is 2.45. The minimum atomic E-state index is -0.312. The lowest BCUT2D eigenvalue weighted by atomic mass is 10.3. The predicted molar refractivity (Wildman–Crippen MR) is 67.7 cm³/mol. The van der Waals surface area contributed by atoms with Gasteiger partial charge in [0.25, 0.3) is 0 Å². The monoisotopic (exact) mass is 297 g/mol. The molecule has 1 heterocycles. The zero-order valence-corrected chi connectivity index (χ0v) is 10.7. The Balaban J connectivity index is 1.87. The standard InChI is InChI=1S/C11H12BrN3O2/c12-8-1-3-9(4-2-8)14-7-10(16)15-6-5-13-11(15)17/h1-4,14H,5-7H2,(H,13,17). The number of nitrogens with zero attached hydrogens (tertiary/aromatic N) is 1.